The lowest BCUT2D eigenvalue weighted by Gasteiger charge is -2.39. The zero-order chi connectivity index (χ0) is 17.4. The monoisotopic (exact) mass is 383 g/mol. The molecule has 3 aliphatic rings. The Kier molecular flexibility index (Phi) is 4.98. The lowest BCUT2D eigenvalue weighted by Crippen LogP contribution is -2.45. The highest BCUT2D eigenvalue weighted by Gasteiger charge is 2.44. The SMILES string of the molecule is O=C1C(Cc2ccc(Cl)cc2Cl)CCN1C1CCC2(CC1)OCCO2. The van der Waals surface area contributed by atoms with Crippen molar-refractivity contribution in [2.75, 3.05) is 19.8 Å². The lowest BCUT2D eigenvalue weighted by atomic mass is 9.89. The molecule has 6 heteroatoms. The van der Waals surface area contributed by atoms with Gasteiger partial charge in [-0.05, 0) is 43.4 Å². The van der Waals surface area contributed by atoms with Crippen molar-refractivity contribution in [3.63, 3.8) is 0 Å². The number of amides is 1. The zero-order valence-corrected chi connectivity index (χ0v) is 15.7. The summed E-state index contributed by atoms with van der Waals surface area (Å²) in [4.78, 5) is 15.0. The Hall–Kier alpha value is -0.810. The van der Waals surface area contributed by atoms with E-state index in [9.17, 15) is 4.79 Å². The van der Waals surface area contributed by atoms with E-state index >= 15 is 0 Å². The first-order valence-corrected chi connectivity index (χ1v) is 9.84. The summed E-state index contributed by atoms with van der Waals surface area (Å²) in [6, 6.07) is 5.83. The normalized spacial score (nSPS) is 26.7. The maximum Gasteiger partial charge on any atom is 0.226 e. The number of rotatable bonds is 3. The van der Waals surface area contributed by atoms with Gasteiger partial charge >= 0.3 is 0 Å². The van der Waals surface area contributed by atoms with Gasteiger partial charge in [0.05, 0.1) is 13.2 Å². The average Bonchev–Trinajstić information content (AvgIpc) is 3.19. The molecule has 0 bridgehead atoms. The minimum atomic E-state index is -0.366. The van der Waals surface area contributed by atoms with Crippen molar-refractivity contribution in [3.8, 4) is 0 Å². The Labute approximate surface area is 158 Å². The van der Waals surface area contributed by atoms with Crippen LogP contribution >= 0.6 is 23.2 Å². The van der Waals surface area contributed by atoms with Crippen LogP contribution < -0.4 is 0 Å². The highest BCUT2D eigenvalue weighted by molar-refractivity contribution is 6.35. The predicted molar refractivity (Wildman–Crippen MR) is 96.9 cm³/mol. The van der Waals surface area contributed by atoms with Crippen LogP contribution in [-0.2, 0) is 20.7 Å². The maximum absolute atomic E-state index is 12.9. The molecular weight excluding hydrogens is 361 g/mol. The molecule has 2 aliphatic heterocycles. The second-order valence-electron chi connectivity index (χ2n) is 7.30. The lowest BCUT2D eigenvalue weighted by molar-refractivity contribution is -0.184. The van der Waals surface area contributed by atoms with Crippen LogP contribution in [-0.4, -0.2) is 42.4 Å². The number of benzene rings is 1. The number of likely N-dealkylation sites (tertiary alicyclic amines) is 1. The van der Waals surface area contributed by atoms with Crippen LogP contribution in [0.5, 0.6) is 0 Å². The van der Waals surface area contributed by atoms with E-state index in [1.165, 1.54) is 0 Å². The van der Waals surface area contributed by atoms with Crippen LogP contribution in [0.4, 0.5) is 0 Å². The van der Waals surface area contributed by atoms with Crippen molar-refractivity contribution in [1.82, 2.24) is 4.90 Å². The van der Waals surface area contributed by atoms with Crippen LogP contribution in [0.2, 0.25) is 10.0 Å². The summed E-state index contributed by atoms with van der Waals surface area (Å²) < 4.78 is 11.6. The maximum atomic E-state index is 12.9. The molecule has 0 N–H and O–H groups in total. The molecule has 1 saturated carbocycles. The Morgan fingerprint density at radius 1 is 1.12 bits per heavy atom. The molecule has 1 aromatic rings. The summed E-state index contributed by atoms with van der Waals surface area (Å²) >= 11 is 12.2. The van der Waals surface area contributed by atoms with Gasteiger partial charge in [-0.2, -0.15) is 0 Å². The molecule has 1 aliphatic carbocycles. The van der Waals surface area contributed by atoms with E-state index in [4.69, 9.17) is 32.7 Å². The summed E-state index contributed by atoms with van der Waals surface area (Å²) in [5.41, 5.74) is 1.00. The van der Waals surface area contributed by atoms with Crippen LogP contribution in [0.15, 0.2) is 18.2 Å². The van der Waals surface area contributed by atoms with Gasteiger partial charge in [-0.1, -0.05) is 29.3 Å². The van der Waals surface area contributed by atoms with Gasteiger partial charge in [-0.25, -0.2) is 0 Å². The van der Waals surface area contributed by atoms with E-state index < -0.39 is 0 Å². The topological polar surface area (TPSA) is 38.8 Å². The molecule has 3 fully saturated rings. The predicted octanol–water partition coefficient (Wildman–Crippen LogP) is 4.07. The first-order chi connectivity index (χ1) is 12.1. The molecule has 4 rings (SSSR count). The van der Waals surface area contributed by atoms with Crippen molar-refractivity contribution < 1.29 is 14.3 Å². The van der Waals surface area contributed by atoms with E-state index in [1.807, 2.05) is 12.1 Å². The van der Waals surface area contributed by atoms with Crippen molar-refractivity contribution in [3.05, 3.63) is 33.8 Å². The largest absolute Gasteiger partial charge is 0.348 e. The van der Waals surface area contributed by atoms with Gasteiger partial charge in [-0.3, -0.25) is 4.79 Å². The molecule has 0 aromatic heterocycles. The first kappa shape index (κ1) is 17.6. The molecule has 2 heterocycles. The number of hydrogen-bond donors (Lipinski definition) is 0. The molecule has 4 nitrogen and oxygen atoms in total. The molecule has 1 aromatic carbocycles. The van der Waals surface area contributed by atoms with Crippen LogP contribution in [0, 0.1) is 5.92 Å². The molecule has 0 radical (unpaired) electrons. The quantitative estimate of drug-likeness (QED) is 0.789. The van der Waals surface area contributed by atoms with Crippen LogP contribution in [0.25, 0.3) is 0 Å². The molecule has 1 atom stereocenters. The van der Waals surface area contributed by atoms with Gasteiger partial charge in [0.2, 0.25) is 5.91 Å². The average molecular weight is 384 g/mol. The molecule has 25 heavy (non-hydrogen) atoms. The summed E-state index contributed by atoms with van der Waals surface area (Å²) in [7, 11) is 0. The number of carbonyl (C=O) groups excluding carboxylic acids is 1. The van der Waals surface area contributed by atoms with E-state index in [-0.39, 0.29) is 17.6 Å². The minimum Gasteiger partial charge on any atom is -0.348 e. The third-order valence-electron chi connectivity index (χ3n) is 5.80. The van der Waals surface area contributed by atoms with E-state index in [2.05, 4.69) is 4.90 Å². The van der Waals surface area contributed by atoms with Crippen molar-refractivity contribution in [2.45, 2.75) is 50.4 Å². The van der Waals surface area contributed by atoms with Crippen molar-refractivity contribution in [1.29, 1.82) is 0 Å². The van der Waals surface area contributed by atoms with Gasteiger partial charge in [0.1, 0.15) is 0 Å². The molecular formula is C19H23Cl2NO3. The van der Waals surface area contributed by atoms with E-state index in [0.717, 1.165) is 44.2 Å². The Morgan fingerprint density at radius 2 is 1.84 bits per heavy atom. The number of halogens is 2. The Morgan fingerprint density at radius 3 is 2.52 bits per heavy atom. The standard InChI is InChI=1S/C19H23Cl2NO3/c20-15-2-1-13(17(21)12-15)11-14-5-8-22(18(14)23)16-3-6-19(7-4-16)24-9-10-25-19/h1-2,12,14,16H,3-11H2. The van der Waals surface area contributed by atoms with Crippen LogP contribution in [0.1, 0.15) is 37.7 Å². The smallest absolute Gasteiger partial charge is 0.226 e. The van der Waals surface area contributed by atoms with Gasteiger partial charge in [-0.15, -0.1) is 0 Å². The van der Waals surface area contributed by atoms with E-state index in [1.54, 1.807) is 6.07 Å². The Balaban J connectivity index is 1.37. The molecule has 1 spiro atoms. The van der Waals surface area contributed by atoms with Gasteiger partial charge in [0.15, 0.2) is 5.79 Å². The molecule has 136 valence electrons. The van der Waals surface area contributed by atoms with Crippen LogP contribution in [0.3, 0.4) is 0 Å². The zero-order valence-electron chi connectivity index (χ0n) is 14.2. The van der Waals surface area contributed by atoms with Gasteiger partial charge in [0.25, 0.3) is 0 Å². The fourth-order valence-electron chi connectivity index (χ4n) is 4.41. The Bertz CT molecular complexity index is 650. The highest BCUT2D eigenvalue weighted by atomic mass is 35.5. The van der Waals surface area contributed by atoms with Gasteiger partial charge in [0, 0.05) is 41.4 Å². The molecule has 1 amide bonds. The fraction of sp³-hybridized carbons (Fsp3) is 0.632. The summed E-state index contributed by atoms with van der Waals surface area (Å²) in [5.74, 6) is -0.0797. The number of hydrogen-bond acceptors (Lipinski definition) is 3. The molecule has 2 saturated heterocycles. The summed E-state index contributed by atoms with van der Waals surface area (Å²) in [6.07, 6.45) is 5.27. The van der Waals surface area contributed by atoms with Crippen molar-refractivity contribution >= 4 is 29.1 Å². The molecule has 1 unspecified atom stereocenters. The number of nitrogens with zero attached hydrogens (tertiary/aromatic N) is 1. The summed E-state index contributed by atoms with van der Waals surface area (Å²) in [6.45, 7) is 2.22. The number of carbonyl (C=O) groups is 1. The number of ether oxygens (including phenoxy) is 2. The van der Waals surface area contributed by atoms with E-state index in [0.29, 0.717) is 35.7 Å². The summed E-state index contributed by atoms with van der Waals surface area (Å²) in [5, 5.41) is 1.27. The fourth-order valence-corrected chi connectivity index (χ4v) is 4.89. The minimum absolute atomic E-state index is 0.0218. The first-order valence-electron chi connectivity index (χ1n) is 9.09. The highest BCUT2D eigenvalue weighted by Crippen LogP contribution is 2.39. The second-order valence-corrected chi connectivity index (χ2v) is 8.14. The van der Waals surface area contributed by atoms with Gasteiger partial charge < -0.3 is 14.4 Å². The third-order valence-corrected chi connectivity index (χ3v) is 6.39. The second kappa shape index (κ2) is 7.07. The van der Waals surface area contributed by atoms with Crippen molar-refractivity contribution in [2.24, 2.45) is 5.92 Å². The third kappa shape index (κ3) is 3.55.